The topological polar surface area (TPSA) is 58.0 Å². The van der Waals surface area contributed by atoms with Crippen LogP contribution >= 0.6 is 11.6 Å². The van der Waals surface area contributed by atoms with Crippen molar-refractivity contribution in [2.45, 2.75) is 6.23 Å². The first kappa shape index (κ1) is 11.8. The van der Waals surface area contributed by atoms with E-state index in [0.29, 0.717) is 0 Å². The predicted octanol–water partition coefficient (Wildman–Crippen LogP) is 2.37. The zero-order valence-electron chi connectivity index (χ0n) is 8.64. The highest BCUT2D eigenvalue weighted by molar-refractivity contribution is 6.30. The van der Waals surface area contributed by atoms with E-state index in [9.17, 15) is 9.50 Å². The van der Waals surface area contributed by atoms with Crippen LogP contribution in [0.3, 0.4) is 0 Å². The van der Waals surface area contributed by atoms with Gasteiger partial charge < -0.3 is 10.4 Å². The van der Waals surface area contributed by atoms with Crippen LogP contribution in [0, 0.1) is 5.82 Å². The number of anilines is 1. The summed E-state index contributed by atoms with van der Waals surface area (Å²) in [7, 11) is 0. The Labute approximate surface area is 102 Å². The van der Waals surface area contributed by atoms with Crippen LogP contribution in [0.1, 0.15) is 11.8 Å². The van der Waals surface area contributed by atoms with Crippen LogP contribution in [0.2, 0.25) is 5.02 Å². The summed E-state index contributed by atoms with van der Waals surface area (Å²) < 4.78 is 13.5. The van der Waals surface area contributed by atoms with Crippen LogP contribution in [-0.4, -0.2) is 15.1 Å². The molecule has 17 heavy (non-hydrogen) atoms. The summed E-state index contributed by atoms with van der Waals surface area (Å²) in [5.74, 6) is -0.372. The molecule has 0 amide bonds. The van der Waals surface area contributed by atoms with Crippen LogP contribution in [0.15, 0.2) is 36.7 Å². The van der Waals surface area contributed by atoms with Crippen molar-refractivity contribution in [1.82, 2.24) is 9.97 Å². The molecule has 1 heterocycles. The standard InChI is InChI=1S/C11H9ClFN3O/c12-7-2-3-8(9(13)6-7)10(17)16-11-14-4-1-5-15-11/h1-6,10,17H,(H,14,15,16). The number of aliphatic hydroxyl groups is 1. The lowest BCUT2D eigenvalue weighted by atomic mass is 10.2. The number of benzene rings is 1. The van der Waals surface area contributed by atoms with Crippen molar-refractivity contribution in [3.63, 3.8) is 0 Å². The van der Waals surface area contributed by atoms with Crippen molar-refractivity contribution in [3.8, 4) is 0 Å². The summed E-state index contributed by atoms with van der Waals surface area (Å²) in [6, 6.07) is 5.67. The molecule has 1 atom stereocenters. The van der Waals surface area contributed by atoms with Crippen molar-refractivity contribution >= 4 is 17.5 Å². The molecule has 2 N–H and O–H groups in total. The van der Waals surface area contributed by atoms with Gasteiger partial charge in [0.15, 0.2) is 6.23 Å². The van der Waals surface area contributed by atoms with E-state index in [2.05, 4.69) is 15.3 Å². The first-order valence-corrected chi connectivity index (χ1v) is 5.21. The fraction of sp³-hybridized carbons (Fsp3) is 0.0909. The van der Waals surface area contributed by atoms with Crippen molar-refractivity contribution < 1.29 is 9.50 Å². The maximum atomic E-state index is 13.5. The van der Waals surface area contributed by atoms with E-state index in [0.717, 1.165) is 6.07 Å². The quantitative estimate of drug-likeness (QED) is 0.825. The van der Waals surface area contributed by atoms with Crippen LogP contribution in [-0.2, 0) is 0 Å². The first-order chi connectivity index (χ1) is 8.16. The van der Waals surface area contributed by atoms with Crippen LogP contribution in [0.5, 0.6) is 0 Å². The van der Waals surface area contributed by atoms with Gasteiger partial charge in [-0.05, 0) is 18.2 Å². The molecular formula is C11H9ClFN3O. The monoisotopic (exact) mass is 253 g/mol. The molecule has 4 nitrogen and oxygen atoms in total. The Morgan fingerprint density at radius 1 is 1.29 bits per heavy atom. The molecule has 1 aromatic carbocycles. The van der Waals surface area contributed by atoms with Crippen LogP contribution in [0.4, 0.5) is 10.3 Å². The van der Waals surface area contributed by atoms with E-state index in [1.165, 1.54) is 24.5 Å². The summed E-state index contributed by atoms with van der Waals surface area (Å²) in [6.45, 7) is 0. The zero-order chi connectivity index (χ0) is 12.3. The molecule has 0 aliphatic carbocycles. The van der Waals surface area contributed by atoms with Gasteiger partial charge >= 0.3 is 0 Å². The summed E-state index contributed by atoms with van der Waals surface area (Å²) in [6.07, 6.45) is 1.80. The molecule has 0 saturated carbocycles. The second-order valence-corrected chi connectivity index (χ2v) is 3.72. The second kappa shape index (κ2) is 5.07. The molecule has 0 fully saturated rings. The molecule has 88 valence electrons. The molecule has 1 aromatic heterocycles. The SMILES string of the molecule is OC(Nc1ncccn1)c1ccc(Cl)cc1F. The van der Waals surface area contributed by atoms with Gasteiger partial charge in [-0.15, -0.1) is 0 Å². The van der Waals surface area contributed by atoms with Gasteiger partial charge in [0.1, 0.15) is 5.82 Å². The molecular weight excluding hydrogens is 245 g/mol. The van der Waals surface area contributed by atoms with E-state index in [-0.39, 0.29) is 16.5 Å². The van der Waals surface area contributed by atoms with Gasteiger partial charge in [-0.2, -0.15) is 0 Å². The predicted molar refractivity (Wildman–Crippen MR) is 62.0 cm³/mol. The number of nitrogens with one attached hydrogen (secondary N) is 1. The van der Waals surface area contributed by atoms with Gasteiger partial charge in [0, 0.05) is 23.0 Å². The highest BCUT2D eigenvalue weighted by Gasteiger charge is 2.13. The van der Waals surface area contributed by atoms with E-state index < -0.39 is 12.0 Å². The Morgan fingerprint density at radius 3 is 2.65 bits per heavy atom. The minimum atomic E-state index is -1.23. The number of nitrogens with zero attached hydrogens (tertiary/aromatic N) is 2. The van der Waals surface area contributed by atoms with E-state index >= 15 is 0 Å². The van der Waals surface area contributed by atoms with Gasteiger partial charge in [-0.3, -0.25) is 0 Å². The minimum absolute atomic E-state index is 0.0850. The summed E-state index contributed by atoms with van der Waals surface area (Å²) in [5.41, 5.74) is 0.0850. The van der Waals surface area contributed by atoms with E-state index in [1.807, 2.05) is 0 Å². The highest BCUT2D eigenvalue weighted by atomic mass is 35.5. The third kappa shape index (κ3) is 2.89. The molecule has 1 unspecified atom stereocenters. The Kier molecular flexibility index (Phi) is 3.51. The van der Waals surface area contributed by atoms with Gasteiger partial charge in [-0.1, -0.05) is 17.7 Å². The Morgan fingerprint density at radius 2 is 2.00 bits per heavy atom. The molecule has 0 aliphatic heterocycles. The number of hydrogen-bond donors (Lipinski definition) is 2. The van der Waals surface area contributed by atoms with Crippen molar-refractivity contribution in [3.05, 3.63) is 53.1 Å². The van der Waals surface area contributed by atoms with Gasteiger partial charge in [-0.25, -0.2) is 14.4 Å². The maximum absolute atomic E-state index is 13.5. The molecule has 0 saturated heterocycles. The first-order valence-electron chi connectivity index (χ1n) is 4.83. The Balaban J connectivity index is 2.17. The minimum Gasteiger partial charge on any atom is -0.369 e. The Hall–Kier alpha value is -1.72. The average molecular weight is 254 g/mol. The van der Waals surface area contributed by atoms with Gasteiger partial charge in [0.25, 0.3) is 0 Å². The lowest BCUT2D eigenvalue weighted by Crippen LogP contribution is -2.13. The van der Waals surface area contributed by atoms with Gasteiger partial charge in [0.05, 0.1) is 0 Å². The lowest BCUT2D eigenvalue weighted by molar-refractivity contribution is 0.202. The molecule has 0 bridgehead atoms. The molecule has 6 heteroatoms. The lowest BCUT2D eigenvalue weighted by Gasteiger charge is -2.13. The third-order valence-electron chi connectivity index (χ3n) is 2.09. The van der Waals surface area contributed by atoms with Gasteiger partial charge in [0.2, 0.25) is 5.95 Å². The van der Waals surface area contributed by atoms with E-state index in [4.69, 9.17) is 11.6 Å². The number of hydrogen-bond acceptors (Lipinski definition) is 4. The number of aliphatic hydroxyl groups excluding tert-OH is 1. The van der Waals surface area contributed by atoms with Crippen LogP contribution in [0.25, 0.3) is 0 Å². The summed E-state index contributed by atoms with van der Waals surface area (Å²) >= 11 is 5.62. The summed E-state index contributed by atoms with van der Waals surface area (Å²) in [4.78, 5) is 7.72. The highest BCUT2D eigenvalue weighted by Crippen LogP contribution is 2.21. The second-order valence-electron chi connectivity index (χ2n) is 3.29. The number of rotatable bonds is 3. The van der Waals surface area contributed by atoms with E-state index in [1.54, 1.807) is 6.07 Å². The number of aromatic nitrogens is 2. The molecule has 2 aromatic rings. The summed E-state index contributed by atoms with van der Waals surface area (Å²) in [5, 5.41) is 12.6. The molecule has 0 aliphatic rings. The zero-order valence-corrected chi connectivity index (χ0v) is 9.39. The van der Waals surface area contributed by atoms with Crippen molar-refractivity contribution in [2.24, 2.45) is 0 Å². The smallest absolute Gasteiger partial charge is 0.224 e. The molecule has 2 rings (SSSR count). The van der Waals surface area contributed by atoms with Crippen molar-refractivity contribution in [1.29, 1.82) is 0 Å². The largest absolute Gasteiger partial charge is 0.369 e. The molecule has 0 spiro atoms. The molecule has 0 radical (unpaired) electrons. The maximum Gasteiger partial charge on any atom is 0.224 e. The number of halogens is 2. The fourth-order valence-electron chi connectivity index (χ4n) is 1.30. The third-order valence-corrected chi connectivity index (χ3v) is 2.32. The van der Waals surface area contributed by atoms with Crippen molar-refractivity contribution in [2.75, 3.05) is 5.32 Å². The average Bonchev–Trinajstić information content (AvgIpc) is 2.30. The normalized spacial score (nSPS) is 12.2. The van der Waals surface area contributed by atoms with Crippen LogP contribution < -0.4 is 5.32 Å². The fourth-order valence-corrected chi connectivity index (χ4v) is 1.46. The Bertz CT molecular complexity index is 509.